The van der Waals surface area contributed by atoms with Crippen LogP contribution in [0.3, 0.4) is 0 Å². The quantitative estimate of drug-likeness (QED) is 0.748. The summed E-state index contributed by atoms with van der Waals surface area (Å²) >= 11 is 1.97. The van der Waals surface area contributed by atoms with Gasteiger partial charge < -0.3 is 5.32 Å². The van der Waals surface area contributed by atoms with Gasteiger partial charge in [-0.3, -0.25) is 0 Å². The minimum atomic E-state index is 0.749. The van der Waals surface area contributed by atoms with Crippen molar-refractivity contribution in [2.24, 2.45) is 17.8 Å². The molecule has 88 valence electrons. The lowest BCUT2D eigenvalue weighted by Gasteiger charge is -2.25. The summed E-state index contributed by atoms with van der Waals surface area (Å²) in [6, 6.07) is 0.749. The maximum atomic E-state index is 3.78. The zero-order valence-corrected chi connectivity index (χ0v) is 11.0. The Balaban J connectivity index is 1.69. The van der Waals surface area contributed by atoms with E-state index in [4.69, 9.17) is 0 Å². The minimum Gasteiger partial charge on any atom is -0.313 e. The van der Waals surface area contributed by atoms with E-state index in [1.807, 2.05) is 11.8 Å². The van der Waals surface area contributed by atoms with Gasteiger partial charge in [0.1, 0.15) is 0 Å². The van der Waals surface area contributed by atoms with E-state index in [2.05, 4.69) is 18.5 Å². The first-order valence-electron chi connectivity index (χ1n) is 6.55. The highest BCUT2D eigenvalue weighted by molar-refractivity contribution is 7.98. The molecule has 1 nitrogen and oxygen atoms in total. The van der Waals surface area contributed by atoms with E-state index in [-0.39, 0.29) is 0 Å². The number of rotatable bonds is 6. The van der Waals surface area contributed by atoms with Crippen LogP contribution < -0.4 is 5.32 Å². The van der Waals surface area contributed by atoms with E-state index < -0.39 is 0 Å². The molecule has 1 N–H and O–H groups in total. The van der Waals surface area contributed by atoms with Gasteiger partial charge in [-0.15, -0.1) is 0 Å². The van der Waals surface area contributed by atoms with Crippen LogP contribution in [-0.4, -0.2) is 24.6 Å². The Morgan fingerprint density at radius 3 is 2.73 bits per heavy atom. The van der Waals surface area contributed by atoms with E-state index in [0.29, 0.717) is 0 Å². The molecule has 15 heavy (non-hydrogen) atoms. The van der Waals surface area contributed by atoms with Crippen LogP contribution >= 0.6 is 11.8 Å². The van der Waals surface area contributed by atoms with Crippen molar-refractivity contribution in [2.75, 3.05) is 18.6 Å². The molecule has 0 heterocycles. The maximum absolute atomic E-state index is 3.78. The van der Waals surface area contributed by atoms with Crippen LogP contribution in [-0.2, 0) is 0 Å². The molecule has 2 saturated carbocycles. The van der Waals surface area contributed by atoms with Crippen molar-refractivity contribution in [3.63, 3.8) is 0 Å². The lowest BCUT2D eigenvalue weighted by atomic mass is 9.88. The van der Waals surface area contributed by atoms with Crippen molar-refractivity contribution in [2.45, 2.75) is 45.1 Å². The molecule has 2 aliphatic carbocycles. The normalized spacial score (nSPS) is 36.0. The summed E-state index contributed by atoms with van der Waals surface area (Å²) < 4.78 is 0. The zero-order valence-electron chi connectivity index (χ0n) is 10.2. The average molecular weight is 227 g/mol. The first kappa shape index (κ1) is 11.8. The highest BCUT2D eigenvalue weighted by Gasteiger charge is 2.39. The van der Waals surface area contributed by atoms with Crippen molar-refractivity contribution in [1.29, 1.82) is 0 Å². The molecule has 0 radical (unpaired) electrons. The second-order valence-corrected chi connectivity index (χ2v) is 6.31. The topological polar surface area (TPSA) is 12.0 Å². The van der Waals surface area contributed by atoms with Gasteiger partial charge in [-0.2, -0.15) is 11.8 Å². The Bertz CT molecular complexity index is 195. The fourth-order valence-electron chi connectivity index (χ4n) is 3.47. The summed E-state index contributed by atoms with van der Waals surface area (Å²) in [7, 11) is 0. The van der Waals surface area contributed by atoms with E-state index >= 15 is 0 Å². The summed E-state index contributed by atoms with van der Waals surface area (Å²) in [4.78, 5) is 0. The second-order valence-electron chi connectivity index (χ2n) is 5.40. The van der Waals surface area contributed by atoms with Gasteiger partial charge in [0.15, 0.2) is 0 Å². The third kappa shape index (κ3) is 2.91. The molecule has 0 aliphatic heterocycles. The van der Waals surface area contributed by atoms with Crippen molar-refractivity contribution in [3.05, 3.63) is 0 Å². The number of thioether (sulfide) groups is 1. The van der Waals surface area contributed by atoms with Gasteiger partial charge in [0.2, 0.25) is 0 Å². The largest absolute Gasteiger partial charge is 0.313 e. The van der Waals surface area contributed by atoms with E-state index in [0.717, 1.165) is 23.8 Å². The smallest absolute Gasteiger partial charge is 0.0155 e. The van der Waals surface area contributed by atoms with Crippen molar-refractivity contribution in [3.8, 4) is 0 Å². The first-order valence-corrected chi connectivity index (χ1v) is 7.95. The van der Waals surface area contributed by atoms with E-state index in [1.165, 1.54) is 38.0 Å². The predicted molar refractivity (Wildman–Crippen MR) is 69.4 cm³/mol. The number of hydrogen-bond acceptors (Lipinski definition) is 2. The van der Waals surface area contributed by atoms with Crippen molar-refractivity contribution >= 4 is 11.8 Å². The van der Waals surface area contributed by atoms with E-state index in [1.54, 1.807) is 6.42 Å². The highest BCUT2D eigenvalue weighted by atomic mass is 32.2. The second kappa shape index (κ2) is 5.58. The SMILES string of the molecule is CCC(CSC)NCC1CC2CCC1C2. The third-order valence-corrected chi connectivity index (χ3v) is 5.15. The molecule has 0 amide bonds. The van der Waals surface area contributed by atoms with Crippen LogP contribution in [0.5, 0.6) is 0 Å². The highest BCUT2D eigenvalue weighted by Crippen LogP contribution is 2.47. The Morgan fingerprint density at radius 2 is 2.20 bits per heavy atom. The molecule has 2 fully saturated rings. The van der Waals surface area contributed by atoms with Crippen LogP contribution in [0, 0.1) is 17.8 Å². The number of fused-ring (bicyclic) bond motifs is 2. The van der Waals surface area contributed by atoms with Crippen LogP contribution in [0.25, 0.3) is 0 Å². The van der Waals surface area contributed by atoms with Crippen molar-refractivity contribution in [1.82, 2.24) is 5.32 Å². The molecular formula is C13H25NS. The molecule has 2 rings (SSSR count). The van der Waals surface area contributed by atoms with Gasteiger partial charge in [0, 0.05) is 11.8 Å². The van der Waals surface area contributed by atoms with Gasteiger partial charge in [0.05, 0.1) is 0 Å². The lowest BCUT2D eigenvalue weighted by Crippen LogP contribution is -2.36. The molecule has 0 spiro atoms. The number of hydrogen-bond donors (Lipinski definition) is 1. The number of nitrogens with one attached hydrogen (secondary N) is 1. The standard InChI is InChI=1S/C13H25NS/c1-3-13(9-15-2)14-8-12-7-10-4-5-11(12)6-10/h10-14H,3-9H2,1-2H3. The summed E-state index contributed by atoms with van der Waals surface area (Å²) in [6.45, 7) is 3.59. The third-order valence-electron chi connectivity index (χ3n) is 4.41. The molecular weight excluding hydrogens is 202 g/mol. The molecule has 0 aromatic heterocycles. The van der Waals surface area contributed by atoms with Crippen LogP contribution in [0.4, 0.5) is 0 Å². The van der Waals surface area contributed by atoms with Gasteiger partial charge in [0.25, 0.3) is 0 Å². The van der Waals surface area contributed by atoms with Gasteiger partial charge in [-0.1, -0.05) is 13.3 Å². The maximum Gasteiger partial charge on any atom is 0.0155 e. The fraction of sp³-hybridized carbons (Fsp3) is 1.00. The molecule has 0 aromatic rings. The van der Waals surface area contributed by atoms with Gasteiger partial charge >= 0.3 is 0 Å². The van der Waals surface area contributed by atoms with Crippen LogP contribution in [0.15, 0.2) is 0 Å². The molecule has 0 saturated heterocycles. The van der Waals surface area contributed by atoms with Crippen LogP contribution in [0.1, 0.15) is 39.0 Å². The average Bonchev–Trinajstić information content (AvgIpc) is 2.85. The lowest BCUT2D eigenvalue weighted by molar-refractivity contribution is 0.308. The van der Waals surface area contributed by atoms with Crippen LogP contribution in [0.2, 0.25) is 0 Å². The fourth-order valence-corrected chi connectivity index (χ4v) is 4.22. The molecule has 2 bridgehead atoms. The Kier molecular flexibility index (Phi) is 4.39. The van der Waals surface area contributed by atoms with Crippen molar-refractivity contribution < 1.29 is 0 Å². The zero-order chi connectivity index (χ0) is 10.7. The molecule has 2 heteroatoms. The molecule has 4 unspecified atom stereocenters. The molecule has 4 atom stereocenters. The summed E-state index contributed by atoms with van der Waals surface area (Å²) in [5, 5.41) is 3.78. The molecule has 0 aromatic carbocycles. The summed E-state index contributed by atoms with van der Waals surface area (Å²) in [5.74, 6) is 4.47. The predicted octanol–water partition coefficient (Wildman–Crippen LogP) is 3.15. The summed E-state index contributed by atoms with van der Waals surface area (Å²) in [5.41, 5.74) is 0. The Morgan fingerprint density at radius 1 is 1.33 bits per heavy atom. The van der Waals surface area contributed by atoms with Gasteiger partial charge in [-0.25, -0.2) is 0 Å². The Hall–Kier alpha value is 0.310. The Labute approximate surface area is 98.8 Å². The monoisotopic (exact) mass is 227 g/mol. The first-order chi connectivity index (χ1) is 7.33. The molecule has 2 aliphatic rings. The van der Waals surface area contributed by atoms with Gasteiger partial charge in [-0.05, 0) is 56.2 Å². The summed E-state index contributed by atoms with van der Waals surface area (Å²) in [6.07, 6.45) is 9.61. The van der Waals surface area contributed by atoms with E-state index in [9.17, 15) is 0 Å². The minimum absolute atomic E-state index is 0.749.